The van der Waals surface area contributed by atoms with Gasteiger partial charge in [0.25, 0.3) is 5.91 Å². The quantitative estimate of drug-likeness (QED) is 0.848. The van der Waals surface area contributed by atoms with E-state index in [1.165, 1.54) is 0 Å². The number of hydrogen-bond acceptors (Lipinski definition) is 5. The van der Waals surface area contributed by atoms with Gasteiger partial charge in [-0.1, -0.05) is 0 Å². The summed E-state index contributed by atoms with van der Waals surface area (Å²) in [7, 11) is 0. The fourth-order valence-electron chi connectivity index (χ4n) is 3.97. The largest absolute Gasteiger partial charge is 0.466 e. The van der Waals surface area contributed by atoms with Crippen molar-refractivity contribution in [1.82, 2.24) is 14.9 Å². The third kappa shape index (κ3) is 2.66. The second kappa shape index (κ2) is 5.92. The molecular weight excluding hydrogens is 304 g/mol. The molecule has 2 bridgehead atoms. The highest BCUT2D eigenvalue weighted by molar-refractivity contribution is 5.95. The van der Waals surface area contributed by atoms with Gasteiger partial charge in [-0.2, -0.15) is 0 Å². The topological polar surface area (TPSA) is 62.5 Å². The van der Waals surface area contributed by atoms with Crippen molar-refractivity contribution in [2.75, 3.05) is 24.5 Å². The van der Waals surface area contributed by atoms with E-state index in [1.807, 2.05) is 24.8 Å². The lowest BCUT2D eigenvalue weighted by molar-refractivity contribution is 0.0590. The molecule has 1 amide bonds. The van der Waals surface area contributed by atoms with Gasteiger partial charge in [0.05, 0.1) is 11.8 Å². The smallest absolute Gasteiger partial charge is 0.257 e. The first-order chi connectivity index (χ1) is 11.6. The number of nitrogens with zero attached hydrogens (tertiary/aromatic N) is 4. The first-order valence-corrected chi connectivity index (χ1v) is 8.51. The van der Waals surface area contributed by atoms with Crippen LogP contribution in [0.4, 0.5) is 5.82 Å². The van der Waals surface area contributed by atoms with Crippen LogP contribution in [-0.2, 0) is 0 Å². The third-order valence-electron chi connectivity index (χ3n) is 5.12. The molecule has 6 heteroatoms. The predicted molar refractivity (Wildman–Crippen MR) is 90.0 cm³/mol. The summed E-state index contributed by atoms with van der Waals surface area (Å²) >= 11 is 0. The molecule has 3 aliphatic heterocycles. The van der Waals surface area contributed by atoms with E-state index < -0.39 is 0 Å². The molecule has 3 aliphatic rings. The van der Waals surface area contributed by atoms with Crippen LogP contribution in [0.2, 0.25) is 0 Å². The van der Waals surface area contributed by atoms with Crippen LogP contribution in [0.1, 0.15) is 34.7 Å². The number of aromatic nitrogens is 2. The average Bonchev–Trinajstić information content (AvgIpc) is 2.78. The van der Waals surface area contributed by atoms with E-state index in [9.17, 15) is 4.79 Å². The van der Waals surface area contributed by atoms with Gasteiger partial charge in [-0.3, -0.25) is 9.78 Å². The van der Waals surface area contributed by atoms with Gasteiger partial charge in [0.2, 0.25) is 0 Å². The van der Waals surface area contributed by atoms with E-state index in [4.69, 9.17) is 4.42 Å². The number of furan rings is 1. The standard InChI is InChI=1S/C18H22N4O2/c1-12-7-16(13(2)24-12)18(23)22-10-14-3-4-15(22)11-21(9-14)17-8-19-5-6-20-17/h5-8,14-15H,3-4,9-11H2,1-2H3. The minimum Gasteiger partial charge on any atom is -0.466 e. The molecule has 5 rings (SSSR count). The number of fused-ring (bicyclic) bond motifs is 4. The van der Waals surface area contributed by atoms with Crippen molar-refractivity contribution in [2.45, 2.75) is 32.7 Å². The highest BCUT2D eigenvalue weighted by atomic mass is 16.3. The van der Waals surface area contributed by atoms with Crippen LogP contribution in [0, 0.1) is 19.8 Å². The molecule has 3 fully saturated rings. The summed E-state index contributed by atoms with van der Waals surface area (Å²) < 4.78 is 5.55. The number of amides is 1. The van der Waals surface area contributed by atoms with Crippen LogP contribution in [0.15, 0.2) is 29.1 Å². The molecule has 2 atom stereocenters. The number of rotatable bonds is 2. The molecule has 2 aromatic heterocycles. The fraction of sp³-hybridized carbons (Fsp3) is 0.500. The summed E-state index contributed by atoms with van der Waals surface area (Å²) in [5.41, 5.74) is 0.700. The minimum absolute atomic E-state index is 0.0973. The Balaban J connectivity index is 1.59. The number of hydrogen-bond donors (Lipinski definition) is 0. The van der Waals surface area contributed by atoms with E-state index in [0.717, 1.165) is 44.1 Å². The van der Waals surface area contributed by atoms with Crippen molar-refractivity contribution in [2.24, 2.45) is 5.92 Å². The van der Waals surface area contributed by atoms with Crippen molar-refractivity contribution in [3.8, 4) is 0 Å². The highest BCUT2D eigenvalue weighted by Crippen LogP contribution is 2.31. The molecule has 24 heavy (non-hydrogen) atoms. The van der Waals surface area contributed by atoms with Gasteiger partial charge in [-0.15, -0.1) is 0 Å². The highest BCUT2D eigenvalue weighted by Gasteiger charge is 2.38. The monoisotopic (exact) mass is 326 g/mol. The Kier molecular flexibility index (Phi) is 3.75. The Hall–Kier alpha value is -2.37. The molecule has 0 aromatic carbocycles. The maximum absolute atomic E-state index is 13.0. The van der Waals surface area contributed by atoms with Gasteiger partial charge in [0, 0.05) is 38.1 Å². The first kappa shape index (κ1) is 15.2. The predicted octanol–water partition coefficient (Wildman–Crippen LogP) is 2.43. The van der Waals surface area contributed by atoms with Crippen molar-refractivity contribution < 1.29 is 9.21 Å². The third-order valence-corrected chi connectivity index (χ3v) is 5.12. The molecule has 3 saturated heterocycles. The maximum Gasteiger partial charge on any atom is 0.257 e. The van der Waals surface area contributed by atoms with Gasteiger partial charge in [0.1, 0.15) is 17.3 Å². The van der Waals surface area contributed by atoms with Crippen LogP contribution in [0.25, 0.3) is 0 Å². The van der Waals surface area contributed by atoms with E-state index in [0.29, 0.717) is 17.2 Å². The fourth-order valence-corrected chi connectivity index (χ4v) is 3.97. The van der Waals surface area contributed by atoms with Crippen molar-refractivity contribution in [3.05, 3.63) is 41.7 Å². The summed E-state index contributed by atoms with van der Waals surface area (Å²) in [5.74, 6) is 2.97. The summed E-state index contributed by atoms with van der Waals surface area (Å²) in [5, 5.41) is 0. The zero-order chi connectivity index (χ0) is 16.7. The normalized spacial score (nSPS) is 23.4. The Morgan fingerprint density at radius 1 is 1.21 bits per heavy atom. The van der Waals surface area contributed by atoms with E-state index in [-0.39, 0.29) is 11.9 Å². The second-order valence-corrected chi connectivity index (χ2v) is 6.85. The summed E-state index contributed by atoms with van der Waals surface area (Å²) in [6.45, 7) is 6.31. The number of aryl methyl sites for hydroxylation is 2. The van der Waals surface area contributed by atoms with Crippen molar-refractivity contribution in [1.29, 1.82) is 0 Å². The van der Waals surface area contributed by atoms with Gasteiger partial charge in [0.15, 0.2) is 0 Å². The van der Waals surface area contributed by atoms with Gasteiger partial charge < -0.3 is 14.2 Å². The molecule has 126 valence electrons. The molecule has 0 saturated carbocycles. The van der Waals surface area contributed by atoms with Gasteiger partial charge >= 0.3 is 0 Å². The number of carbonyl (C=O) groups is 1. The molecule has 6 nitrogen and oxygen atoms in total. The van der Waals surface area contributed by atoms with Crippen LogP contribution in [-0.4, -0.2) is 46.5 Å². The lowest BCUT2D eigenvalue weighted by Gasteiger charge is -2.36. The van der Waals surface area contributed by atoms with Crippen LogP contribution in [0.3, 0.4) is 0 Å². The van der Waals surface area contributed by atoms with E-state index in [2.05, 4.69) is 14.9 Å². The Morgan fingerprint density at radius 2 is 2.08 bits per heavy atom. The second-order valence-electron chi connectivity index (χ2n) is 6.85. The van der Waals surface area contributed by atoms with Crippen LogP contribution >= 0.6 is 0 Å². The average molecular weight is 326 g/mol. The lowest BCUT2D eigenvalue weighted by atomic mass is 9.94. The molecule has 2 aromatic rings. The van der Waals surface area contributed by atoms with Gasteiger partial charge in [-0.05, 0) is 38.7 Å². The Bertz CT molecular complexity index is 743. The Labute approximate surface area is 141 Å². The van der Waals surface area contributed by atoms with Crippen molar-refractivity contribution in [3.63, 3.8) is 0 Å². The van der Waals surface area contributed by atoms with Gasteiger partial charge in [-0.25, -0.2) is 4.98 Å². The molecular formula is C18H22N4O2. The maximum atomic E-state index is 13.0. The summed E-state index contributed by atoms with van der Waals surface area (Å²) in [4.78, 5) is 26.0. The molecule has 0 N–H and O–H groups in total. The lowest BCUT2D eigenvalue weighted by Crippen LogP contribution is -2.47. The SMILES string of the molecule is Cc1cc(C(=O)N2CC3CCC2CN(c2cnccn2)C3)c(C)o1. The number of carbonyl (C=O) groups excluding carboxylic acids is 1. The molecule has 0 radical (unpaired) electrons. The molecule has 5 heterocycles. The van der Waals surface area contributed by atoms with Crippen LogP contribution < -0.4 is 4.90 Å². The molecule has 2 unspecified atom stereocenters. The van der Waals surface area contributed by atoms with E-state index in [1.54, 1.807) is 18.6 Å². The Morgan fingerprint density at radius 3 is 2.79 bits per heavy atom. The van der Waals surface area contributed by atoms with E-state index >= 15 is 0 Å². The van der Waals surface area contributed by atoms with Crippen molar-refractivity contribution >= 4 is 11.7 Å². The summed E-state index contributed by atoms with van der Waals surface area (Å²) in [6, 6.07) is 2.07. The first-order valence-electron chi connectivity index (χ1n) is 8.51. The molecule has 0 spiro atoms. The number of piperidine rings is 1. The zero-order valence-electron chi connectivity index (χ0n) is 14.1. The zero-order valence-corrected chi connectivity index (χ0v) is 14.1. The minimum atomic E-state index is 0.0973. The number of anilines is 1. The molecule has 0 aliphatic carbocycles. The summed E-state index contributed by atoms with van der Waals surface area (Å²) in [6.07, 6.45) is 7.43. The van der Waals surface area contributed by atoms with Crippen LogP contribution in [0.5, 0.6) is 0 Å².